The lowest BCUT2D eigenvalue weighted by Crippen LogP contribution is -2.25. The number of carbonyl (C=O) groups is 1. The third-order valence-electron chi connectivity index (χ3n) is 6.66. The number of hydrogen-bond acceptors (Lipinski definition) is 5. The first kappa shape index (κ1) is 27.8. The molecule has 0 radical (unpaired) electrons. The molecule has 1 amide bonds. The molecule has 0 unspecified atom stereocenters. The first-order valence-electron chi connectivity index (χ1n) is 12.4. The summed E-state index contributed by atoms with van der Waals surface area (Å²) in [6, 6.07) is 13.4. The summed E-state index contributed by atoms with van der Waals surface area (Å²) in [4.78, 5) is 19.7. The number of nitrogens with zero attached hydrogens (tertiary/aromatic N) is 2. The van der Waals surface area contributed by atoms with Crippen molar-refractivity contribution < 1.29 is 26.4 Å². The molecule has 202 valence electrons. The number of sulfone groups is 1. The molecule has 1 N–H and O–H groups in total. The zero-order valence-corrected chi connectivity index (χ0v) is 22.2. The van der Waals surface area contributed by atoms with Crippen LogP contribution in [0.3, 0.4) is 0 Å². The van der Waals surface area contributed by atoms with E-state index < -0.39 is 21.6 Å². The summed E-state index contributed by atoms with van der Waals surface area (Å²) >= 11 is 0. The van der Waals surface area contributed by atoms with Gasteiger partial charge in [-0.25, -0.2) is 8.42 Å². The van der Waals surface area contributed by atoms with E-state index in [0.29, 0.717) is 24.3 Å². The van der Waals surface area contributed by atoms with Gasteiger partial charge in [-0.1, -0.05) is 45.0 Å². The number of rotatable bonds is 8. The summed E-state index contributed by atoms with van der Waals surface area (Å²) in [6.45, 7) is 6.77. The number of halogens is 3. The van der Waals surface area contributed by atoms with Crippen molar-refractivity contribution in [2.75, 3.05) is 11.1 Å². The number of hydrogen-bond donors (Lipinski definition) is 1. The number of nitrogens with one attached hydrogen (secondary N) is 1. The summed E-state index contributed by atoms with van der Waals surface area (Å²) in [6.07, 6.45) is -2.67. The average Bonchev–Trinajstić information content (AvgIpc) is 3.21. The number of amides is 1. The fourth-order valence-electron chi connectivity index (χ4n) is 4.77. The zero-order valence-electron chi connectivity index (χ0n) is 21.4. The van der Waals surface area contributed by atoms with E-state index in [9.17, 15) is 26.4 Å². The molecular formula is C28H30F3N3O3S. The molecule has 4 rings (SSSR count). The van der Waals surface area contributed by atoms with Gasteiger partial charge in [-0.15, -0.1) is 0 Å². The molecule has 10 heteroatoms. The van der Waals surface area contributed by atoms with Crippen molar-refractivity contribution in [2.45, 2.75) is 57.4 Å². The minimum atomic E-state index is -4.37. The molecule has 2 heterocycles. The molecule has 0 saturated carbocycles. The standard InChI is InChI=1S/C28H30F3N3O3S/c1-4-38(36,37)24-11-7-19(8-12-24)13-25(35)33-23-14-21-17-34(27(18(2)3)26(21)32-15-23)16-20-5-9-22(10-6-20)28(29,30)31/h5-12,14-15,18,27H,4,13,16-17H2,1-3H3,(H,33,35)/t27-/m0/s1. The monoisotopic (exact) mass is 545 g/mol. The molecule has 0 fully saturated rings. The van der Waals surface area contributed by atoms with Crippen molar-refractivity contribution in [2.24, 2.45) is 5.92 Å². The van der Waals surface area contributed by atoms with Gasteiger partial charge in [-0.2, -0.15) is 13.2 Å². The number of alkyl halides is 3. The first-order chi connectivity index (χ1) is 17.9. The van der Waals surface area contributed by atoms with Crippen LogP contribution in [0, 0.1) is 5.92 Å². The van der Waals surface area contributed by atoms with Crippen LogP contribution in [-0.4, -0.2) is 30.0 Å². The third-order valence-corrected chi connectivity index (χ3v) is 8.41. The van der Waals surface area contributed by atoms with Gasteiger partial charge in [0, 0.05) is 13.1 Å². The smallest absolute Gasteiger partial charge is 0.324 e. The molecule has 1 aliphatic rings. The minimum Gasteiger partial charge on any atom is -0.324 e. The van der Waals surface area contributed by atoms with Crippen molar-refractivity contribution in [1.82, 2.24) is 9.88 Å². The highest BCUT2D eigenvalue weighted by Gasteiger charge is 2.34. The highest BCUT2D eigenvalue weighted by atomic mass is 32.2. The van der Waals surface area contributed by atoms with E-state index in [1.165, 1.54) is 24.3 Å². The van der Waals surface area contributed by atoms with Gasteiger partial charge in [0.1, 0.15) is 0 Å². The Kier molecular flexibility index (Phi) is 7.94. The van der Waals surface area contributed by atoms with Gasteiger partial charge in [-0.05, 0) is 52.9 Å². The Hall–Kier alpha value is -3.24. The molecule has 1 aromatic heterocycles. The normalized spacial score (nSPS) is 16.0. The minimum absolute atomic E-state index is 0.00467. The SMILES string of the molecule is CCS(=O)(=O)c1ccc(CC(=O)Nc2cnc3c(c2)CN(Cc2ccc(C(F)(F)F)cc2)[C@H]3C(C)C)cc1. The Morgan fingerprint density at radius 1 is 1.08 bits per heavy atom. The summed E-state index contributed by atoms with van der Waals surface area (Å²) in [5.41, 5.74) is 3.21. The van der Waals surface area contributed by atoms with E-state index in [-0.39, 0.29) is 34.9 Å². The van der Waals surface area contributed by atoms with E-state index in [4.69, 9.17) is 0 Å². The molecule has 2 aromatic carbocycles. The molecular weight excluding hydrogens is 515 g/mol. The van der Waals surface area contributed by atoms with E-state index >= 15 is 0 Å². The second-order valence-corrected chi connectivity index (χ2v) is 12.1. The number of aromatic nitrogens is 1. The molecule has 0 saturated heterocycles. The highest BCUT2D eigenvalue weighted by Crippen LogP contribution is 2.39. The lowest BCUT2D eigenvalue weighted by molar-refractivity contribution is -0.137. The second-order valence-electron chi connectivity index (χ2n) is 9.83. The molecule has 3 aromatic rings. The van der Waals surface area contributed by atoms with Gasteiger partial charge in [0.05, 0.1) is 46.3 Å². The summed E-state index contributed by atoms with van der Waals surface area (Å²) in [7, 11) is -3.30. The molecule has 1 aliphatic heterocycles. The number of carbonyl (C=O) groups excluding carboxylic acids is 1. The topological polar surface area (TPSA) is 79.4 Å². The van der Waals surface area contributed by atoms with Gasteiger partial charge in [0.15, 0.2) is 9.84 Å². The number of benzene rings is 2. The zero-order chi connectivity index (χ0) is 27.7. The highest BCUT2D eigenvalue weighted by molar-refractivity contribution is 7.91. The maximum Gasteiger partial charge on any atom is 0.416 e. The van der Waals surface area contributed by atoms with Crippen molar-refractivity contribution in [3.8, 4) is 0 Å². The molecule has 0 bridgehead atoms. The van der Waals surface area contributed by atoms with Gasteiger partial charge in [0.2, 0.25) is 5.91 Å². The number of fused-ring (bicyclic) bond motifs is 1. The van der Waals surface area contributed by atoms with E-state index in [0.717, 1.165) is 29.0 Å². The molecule has 0 aliphatic carbocycles. The van der Waals surface area contributed by atoms with E-state index in [1.807, 2.05) is 6.07 Å². The summed E-state index contributed by atoms with van der Waals surface area (Å²) in [5.74, 6) is -0.0200. The van der Waals surface area contributed by atoms with Crippen LogP contribution in [0.5, 0.6) is 0 Å². The van der Waals surface area contributed by atoms with Crippen LogP contribution in [0.1, 0.15) is 54.8 Å². The Labute approximate surface area is 220 Å². The van der Waals surface area contributed by atoms with Crippen LogP contribution in [-0.2, 0) is 40.3 Å². The van der Waals surface area contributed by atoms with Crippen LogP contribution >= 0.6 is 0 Å². The molecule has 38 heavy (non-hydrogen) atoms. The molecule has 6 nitrogen and oxygen atoms in total. The van der Waals surface area contributed by atoms with Crippen LogP contribution in [0.25, 0.3) is 0 Å². The summed E-state index contributed by atoms with van der Waals surface area (Å²) < 4.78 is 62.7. The quantitative estimate of drug-likeness (QED) is 0.388. The maximum absolute atomic E-state index is 12.9. The lowest BCUT2D eigenvalue weighted by Gasteiger charge is -2.27. The first-order valence-corrected chi connectivity index (χ1v) is 14.0. The molecule has 1 atom stereocenters. The predicted octanol–water partition coefficient (Wildman–Crippen LogP) is 5.79. The van der Waals surface area contributed by atoms with Gasteiger partial charge in [0.25, 0.3) is 0 Å². The Morgan fingerprint density at radius 2 is 1.71 bits per heavy atom. The van der Waals surface area contributed by atoms with Crippen molar-refractivity contribution in [1.29, 1.82) is 0 Å². The van der Waals surface area contributed by atoms with Gasteiger partial charge >= 0.3 is 6.18 Å². The Balaban J connectivity index is 1.44. The lowest BCUT2D eigenvalue weighted by atomic mass is 9.99. The Bertz CT molecular complexity index is 1400. The van der Waals surface area contributed by atoms with Crippen LogP contribution < -0.4 is 5.32 Å². The number of anilines is 1. The fraction of sp³-hybridized carbons (Fsp3) is 0.357. The average molecular weight is 546 g/mol. The predicted molar refractivity (Wildman–Crippen MR) is 139 cm³/mol. The van der Waals surface area contributed by atoms with Gasteiger partial charge in [-0.3, -0.25) is 14.7 Å². The van der Waals surface area contributed by atoms with Crippen molar-refractivity contribution in [3.63, 3.8) is 0 Å². The summed E-state index contributed by atoms with van der Waals surface area (Å²) in [5, 5.41) is 2.86. The second kappa shape index (κ2) is 10.9. The Morgan fingerprint density at radius 3 is 2.29 bits per heavy atom. The van der Waals surface area contributed by atoms with Crippen LogP contribution in [0.15, 0.2) is 65.7 Å². The third kappa shape index (κ3) is 6.24. The maximum atomic E-state index is 12.9. The van der Waals surface area contributed by atoms with Crippen LogP contribution in [0.4, 0.5) is 18.9 Å². The molecule has 0 spiro atoms. The van der Waals surface area contributed by atoms with Crippen molar-refractivity contribution in [3.05, 3.63) is 88.7 Å². The van der Waals surface area contributed by atoms with E-state index in [1.54, 1.807) is 25.3 Å². The number of pyridine rings is 1. The largest absolute Gasteiger partial charge is 0.416 e. The van der Waals surface area contributed by atoms with E-state index in [2.05, 4.69) is 29.0 Å². The van der Waals surface area contributed by atoms with Gasteiger partial charge < -0.3 is 5.32 Å². The fourth-order valence-corrected chi connectivity index (χ4v) is 5.65. The van der Waals surface area contributed by atoms with Crippen LogP contribution in [0.2, 0.25) is 0 Å². The van der Waals surface area contributed by atoms with Crippen molar-refractivity contribution >= 4 is 21.4 Å².